The number of benzene rings is 1. The summed E-state index contributed by atoms with van der Waals surface area (Å²) in [6, 6.07) is 7.18. The van der Waals surface area contributed by atoms with Gasteiger partial charge in [0.05, 0.1) is 17.3 Å². The lowest BCUT2D eigenvalue weighted by Gasteiger charge is -2.32. The summed E-state index contributed by atoms with van der Waals surface area (Å²) in [7, 11) is 0. The Morgan fingerprint density at radius 3 is 2.71 bits per heavy atom. The SMILES string of the molecule is O=C1CN(C(=O)CCC(=O)N2CCCC(c3nc(C4CCOCC4)no3)C2)c2ccccc2N1. The molecule has 0 spiro atoms. The standard InChI is InChI=1S/C24H29N5O5/c30-20-15-29(19-6-2-1-5-18(19)25-20)22(32)8-7-21(31)28-11-3-4-17(14-28)24-26-23(27-34-24)16-9-12-33-13-10-16/h1-2,5-6,16-17H,3-4,7-15H2,(H,25,30). The van der Waals surface area contributed by atoms with E-state index in [-0.39, 0.29) is 48.9 Å². The van der Waals surface area contributed by atoms with Crippen molar-refractivity contribution in [1.29, 1.82) is 0 Å². The van der Waals surface area contributed by atoms with Crippen molar-refractivity contribution < 1.29 is 23.6 Å². The zero-order valence-electron chi connectivity index (χ0n) is 19.1. The van der Waals surface area contributed by atoms with Crippen LogP contribution >= 0.6 is 0 Å². The predicted molar refractivity (Wildman–Crippen MR) is 122 cm³/mol. The fourth-order valence-electron chi connectivity index (χ4n) is 4.90. The van der Waals surface area contributed by atoms with E-state index < -0.39 is 0 Å². The Bertz CT molecular complexity index is 1060. The minimum absolute atomic E-state index is 0.00663. The van der Waals surface area contributed by atoms with Gasteiger partial charge in [0.1, 0.15) is 6.54 Å². The molecule has 0 saturated carbocycles. The highest BCUT2D eigenvalue weighted by Gasteiger charge is 2.31. The first-order chi connectivity index (χ1) is 16.6. The number of fused-ring (bicyclic) bond motifs is 1. The molecule has 34 heavy (non-hydrogen) atoms. The van der Waals surface area contributed by atoms with E-state index in [1.807, 2.05) is 6.07 Å². The molecule has 4 heterocycles. The van der Waals surface area contributed by atoms with E-state index in [9.17, 15) is 14.4 Å². The summed E-state index contributed by atoms with van der Waals surface area (Å²) in [5.74, 6) is 1.05. The van der Waals surface area contributed by atoms with Crippen LogP contribution in [0.25, 0.3) is 0 Å². The molecule has 0 aliphatic carbocycles. The van der Waals surface area contributed by atoms with E-state index in [1.165, 1.54) is 4.90 Å². The van der Waals surface area contributed by atoms with E-state index in [4.69, 9.17) is 9.26 Å². The molecule has 10 nitrogen and oxygen atoms in total. The van der Waals surface area contributed by atoms with Crippen LogP contribution in [-0.4, -0.2) is 65.6 Å². The molecular formula is C24H29N5O5. The van der Waals surface area contributed by atoms with Gasteiger partial charge in [-0.05, 0) is 37.8 Å². The van der Waals surface area contributed by atoms with Gasteiger partial charge in [0.2, 0.25) is 23.6 Å². The van der Waals surface area contributed by atoms with E-state index in [1.54, 1.807) is 23.1 Å². The second kappa shape index (κ2) is 9.92. The monoisotopic (exact) mass is 467 g/mol. The van der Waals surface area contributed by atoms with Crippen molar-refractivity contribution in [1.82, 2.24) is 15.0 Å². The Balaban J connectivity index is 1.17. The first-order valence-corrected chi connectivity index (χ1v) is 12.0. The average Bonchev–Trinajstić information content (AvgIpc) is 3.38. The number of para-hydroxylation sites is 2. The van der Waals surface area contributed by atoms with Crippen LogP contribution in [0.15, 0.2) is 28.8 Å². The summed E-state index contributed by atoms with van der Waals surface area (Å²) in [5.41, 5.74) is 1.27. The number of anilines is 2. The number of carbonyl (C=O) groups is 3. The molecule has 1 atom stereocenters. The number of likely N-dealkylation sites (tertiary alicyclic amines) is 1. The topological polar surface area (TPSA) is 118 Å². The molecule has 0 bridgehead atoms. The highest BCUT2D eigenvalue weighted by molar-refractivity contribution is 6.10. The number of piperidine rings is 1. The van der Waals surface area contributed by atoms with Crippen molar-refractivity contribution in [2.24, 2.45) is 0 Å². The number of ether oxygens (including phenoxy) is 1. The van der Waals surface area contributed by atoms with E-state index >= 15 is 0 Å². The lowest BCUT2D eigenvalue weighted by Crippen LogP contribution is -2.43. The molecule has 2 fully saturated rings. The lowest BCUT2D eigenvalue weighted by atomic mass is 9.97. The third kappa shape index (κ3) is 4.82. The molecular weight excluding hydrogens is 438 g/mol. The van der Waals surface area contributed by atoms with Crippen molar-refractivity contribution in [2.75, 3.05) is 43.1 Å². The number of amides is 3. The predicted octanol–water partition coefficient (Wildman–Crippen LogP) is 2.44. The summed E-state index contributed by atoms with van der Waals surface area (Å²) < 4.78 is 11.0. The third-order valence-corrected chi connectivity index (χ3v) is 6.79. The quantitative estimate of drug-likeness (QED) is 0.718. The zero-order valence-corrected chi connectivity index (χ0v) is 19.1. The van der Waals surface area contributed by atoms with Crippen molar-refractivity contribution in [3.05, 3.63) is 36.0 Å². The molecule has 0 radical (unpaired) electrons. The van der Waals surface area contributed by atoms with Crippen LogP contribution in [0.5, 0.6) is 0 Å². The van der Waals surface area contributed by atoms with E-state index in [2.05, 4.69) is 15.5 Å². The summed E-state index contributed by atoms with van der Waals surface area (Å²) in [6.07, 6.45) is 3.67. The molecule has 1 unspecified atom stereocenters. The summed E-state index contributed by atoms with van der Waals surface area (Å²) >= 11 is 0. The van der Waals surface area contributed by atoms with Gasteiger partial charge < -0.3 is 24.4 Å². The maximum atomic E-state index is 12.9. The molecule has 2 aromatic rings. The fourth-order valence-corrected chi connectivity index (χ4v) is 4.90. The lowest BCUT2D eigenvalue weighted by molar-refractivity contribution is -0.134. The number of hydrogen-bond acceptors (Lipinski definition) is 7. The van der Waals surface area contributed by atoms with Crippen LogP contribution in [0.3, 0.4) is 0 Å². The molecule has 3 aliphatic heterocycles. The molecule has 1 aromatic carbocycles. The smallest absolute Gasteiger partial charge is 0.244 e. The third-order valence-electron chi connectivity index (χ3n) is 6.79. The first kappa shape index (κ1) is 22.5. The van der Waals surface area contributed by atoms with Crippen LogP contribution in [0.4, 0.5) is 11.4 Å². The van der Waals surface area contributed by atoms with Gasteiger partial charge in [-0.15, -0.1) is 0 Å². The van der Waals surface area contributed by atoms with Gasteiger partial charge >= 0.3 is 0 Å². The van der Waals surface area contributed by atoms with Crippen LogP contribution < -0.4 is 10.2 Å². The Morgan fingerprint density at radius 1 is 1.06 bits per heavy atom. The number of hydrogen-bond donors (Lipinski definition) is 1. The number of rotatable bonds is 5. The van der Waals surface area contributed by atoms with Crippen LogP contribution in [0.1, 0.15) is 62.1 Å². The van der Waals surface area contributed by atoms with Crippen molar-refractivity contribution in [2.45, 2.75) is 50.4 Å². The Labute approximate surface area is 197 Å². The molecule has 3 amide bonds. The van der Waals surface area contributed by atoms with Gasteiger partial charge in [-0.1, -0.05) is 17.3 Å². The molecule has 10 heteroatoms. The van der Waals surface area contributed by atoms with Gasteiger partial charge in [0.25, 0.3) is 0 Å². The van der Waals surface area contributed by atoms with Crippen molar-refractivity contribution in [3.8, 4) is 0 Å². The largest absolute Gasteiger partial charge is 0.381 e. The summed E-state index contributed by atoms with van der Waals surface area (Å²) in [5, 5.41) is 6.96. The van der Waals surface area contributed by atoms with E-state index in [0.717, 1.165) is 31.5 Å². The Hall–Kier alpha value is -3.27. The minimum Gasteiger partial charge on any atom is -0.381 e. The maximum Gasteiger partial charge on any atom is 0.244 e. The molecule has 3 aliphatic rings. The van der Waals surface area contributed by atoms with E-state index in [0.29, 0.717) is 43.6 Å². The average molecular weight is 468 g/mol. The molecule has 1 aromatic heterocycles. The van der Waals surface area contributed by atoms with Gasteiger partial charge in [-0.3, -0.25) is 14.4 Å². The van der Waals surface area contributed by atoms with Crippen LogP contribution in [-0.2, 0) is 19.1 Å². The number of nitrogens with zero attached hydrogens (tertiary/aromatic N) is 4. The normalized spacial score (nSPS) is 21.2. The second-order valence-electron chi connectivity index (χ2n) is 9.10. The minimum atomic E-state index is -0.239. The number of aromatic nitrogens is 2. The Kier molecular flexibility index (Phi) is 6.57. The highest BCUT2D eigenvalue weighted by atomic mass is 16.5. The van der Waals surface area contributed by atoms with Gasteiger partial charge in [-0.2, -0.15) is 4.98 Å². The molecule has 5 rings (SSSR count). The van der Waals surface area contributed by atoms with Gasteiger partial charge in [0.15, 0.2) is 5.82 Å². The van der Waals surface area contributed by atoms with Gasteiger partial charge in [0, 0.05) is 45.1 Å². The fraction of sp³-hybridized carbons (Fsp3) is 0.542. The number of carbonyl (C=O) groups excluding carboxylic acids is 3. The Morgan fingerprint density at radius 2 is 1.85 bits per heavy atom. The molecule has 2 saturated heterocycles. The summed E-state index contributed by atoms with van der Waals surface area (Å²) in [4.78, 5) is 45.7. The first-order valence-electron chi connectivity index (χ1n) is 12.0. The van der Waals surface area contributed by atoms with Crippen molar-refractivity contribution in [3.63, 3.8) is 0 Å². The molecule has 1 N–H and O–H groups in total. The zero-order chi connectivity index (χ0) is 23.5. The van der Waals surface area contributed by atoms with Crippen LogP contribution in [0, 0.1) is 0 Å². The molecule has 180 valence electrons. The maximum absolute atomic E-state index is 12.9. The summed E-state index contributed by atoms with van der Waals surface area (Å²) in [6.45, 7) is 2.55. The highest BCUT2D eigenvalue weighted by Crippen LogP contribution is 2.31. The second-order valence-corrected chi connectivity index (χ2v) is 9.10. The number of nitrogens with one attached hydrogen (secondary N) is 1. The van der Waals surface area contributed by atoms with Crippen molar-refractivity contribution >= 4 is 29.1 Å². The van der Waals surface area contributed by atoms with Crippen LogP contribution in [0.2, 0.25) is 0 Å². The van der Waals surface area contributed by atoms with Gasteiger partial charge in [-0.25, -0.2) is 0 Å².